The van der Waals surface area contributed by atoms with Crippen LogP contribution >= 0.6 is 0 Å². The number of hydrogen-bond donors (Lipinski definition) is 1. The van der Waals surface area contributed by atoms with Crippen LogP contribution in [0.5, 0.6) is 5.75 Å². The van der Waals surface area contributed by atoms with E-state index in [-0.39, 0.29) is 17.9 Å². The average molecular weight is 268 g/mol. The van der Waals surface area contributed by atoms with Gasteiger partial charge in [0.2, 0.25) is 0 Å². The van der Waals surface area contributed by atoms with E-state index in [1.54, 1.807) is 12.1 Å². The molecule has 0 bridgehead atoms. The molecule has 102 valence electrons. The quantitative estimate of drug-likeness (QED) is 0.660. The lowest BCUT2D eigenvalue weighted by atomic mass is 9.48. The second-order valence-electron chi connectivity index (χ2n) is 6.10. The van der Waals surface area contributed by atoms with Crippen molar-refractivity contribution in [2.45, 2.75) is 25.5 Å². The third-order valence-corrected chi connectivity index (χ3v) is 4.83. The van der Waals surface area contributed by atoms with Gasteiger partial charge in [0, 0.05) is 30.8 Å². The van der Waals surface area contributed by atoms with Gasteiger partial charge in [-0.2, -0.15) is 0 Å². The summed E-state index contributed by atoms with van der Waals surface area (Å²) in [4.78, 5) is 13.0. The zero-order valence-electron chi connectivity index (χ0n) is 11.4. The number of phenols is 1. The maximum atomic E-state index is 10.7. The first-order valence-corrected chi connectivity index (χ1v) is 7.09. The Morgan fingerprint density at radius 2 is 2.30 bits per heavy atom. The van der Waals surface area contributed by atoms with Crippen molar-refractivity contribution in [3.05, 3.63) is 23.8 Å². The summed E-state index contributed by atoms with van der Waals surface area (Å²) in [5.74, 6) is 2.44. The highest BCUT2D eigenvalue weighted by Crippen LogP contribution is 2.47. The van der Waals surface area contributed by atoms with Crippen LogP contribution in [-0.4, -0.2) is 31.2 Å². The predicted molar refractivity (Wildman–Crippen MR) is 78.4 cm³/mol. The number of rotatable bonds is 2. The zero-order valence-corrected chi connectivity index (χ0v) is 11.4. The van der Waals surface area contributed by atoms with Gasteiger partial charge in [-0.25, -0.2) is 5.26 Å². The van der Waals surface area contributed by atoms with Crippen LogP contribution in [0.15, 0.2) is 18.2 Å². The van der Waals surface area contributed by atoms with Gasteiger partial charge in [0.25, 0.3) is 6.71 Å². The van der Waals surface area contributed by atoms with Crippen molar-refractivity contribution < 1.29 is 9.90 Å². The molecule has 2 heterocycles. The normalized spacial score (nSPS) is 25.1. The molecular weight excluding hydrogens is 251 g/mol. The first kappa shape index (κ1) is 13.0. The Hall–Kier alpha value is -1.96. The number of nitriles is 1. The molecule has 1 unspecified atom stereocenters. The van der Waals surface area contributed by atoms with Gasteiger partial charge in [0.15, 0.2) is 6.29 Å². The summed E-state index contributed by atoms with van der Waals surface area (Å²) < 4.78 is 0. The van der Waals surface area contributed by atoms with Crippen LogP contribution in [0, 0.1) is 16.6 Å². The van der Waals surface area contributed by atoms with Crippen LogP contribution in [0.25, 0.3) is 0 Å². The van der Waals surface area contributed by atoms with Crippen LogP contribution in [0.2, 0.25) is 12.6 Å². The number of phenolic OH excluding ortho intramolecular Hbond substituents is 1. The van der Waals surface area contributed by atoms with Crippen molar-refractivity contribution in [2.75, 3.05) is 18.0 Å². The van der Waals surface area contributed by atoms with Gasteiger partial charge in [-0.1, -0.05) is 19.1 Å². The molecule has 2 aliphatic rings. The van der Waals surface area contributed by atoms with E-state index in [1.165, 1.54) is 0 Å². The van der Waals surface area contributed by atoms with E-state index in [1.807, 2.05) is 6.07 Å². The van der Waals surface area contributed by atoms with E-state index < -0.39 is 0 Å². The molecule has 2 fully saturated rings. The standard InChI is InChI=1S/C15H17BN2O2/c17-11-16-5-3-15(9-16)4-6-18(10-15)13-2-1-12(8-19)14(20)7-13/h1-2,7-8,20H,3-6,9-10H2. The maximum Gasteiger partial charge on any atom is 0.268 e. The number of nitrogens with zero attached hydrogens (tertiary/aromatic N) is 2. The maximum absolute atomic E-state index is 10.7. The van der Waals surface area contributed by atoms with Crippen LogP contribution in [0.1, 0.15) is 23.2 Å². The van der Waals surface area contributed by atoms with E-state index in [0.29, 0.717) is 11.8 Å². The highest BCUT2D eigenvalue weighted by Gasteiger charge is 2.45. The highest BCUT2D eigenvalue weighted by atomic mass is 16.3. The fraction of sp³-hybridized carbons (Fsp3) is 0.467. The van der Waals surface area contributed by atoms with Crippen molar-refractivity contribution in [3.8, 4) is 11.7 Å². The number of benzene rings is 1. The minimum atomic E-state index is 0.0415. The van der Waals surface area contributed by atoms with E-state index in [2.05, 4.69) is 10.9 Å². The van der Waals surface area contributed by atoms with Gasteiger partial charge in [-0.15, -0.1) is 0 Å². The number of carbonyl (C=O) groups excluding carboxylic acids is 1. The van der Waals surface area contributed by atoms with E-state index >= 15 is 0 Å². The van der Waals surface area contributed by atoms with Gasteiger partial charge in [-0.3, -0.25) is 4.79 Å². The van der Waals surface area contributed by atoms with E-state index in [4.69, 9.17) is 5.26 Å². The lowest BCUT2D eigenvalue weighted by molar-refractivity contribution is 0.112. The molecule has 0 radical (unpaired) electrons. The van der Waals surface area contributed by atoms with Crippen LogP contribution < -0.4 is 4.90 Å². The minimum Gasteiger partial charge on any atom is -0.507 e. The van der Waals surface area contributed by atoms with Gasteiger partial charge >= 0.3 is 0 Å². The van der Waals surface area contributed by atoms with Crippen molar-refractivity contribution in [2.24, 2.45) is 5.41 Å². The Balaban J connectivity index is 1.76. The summed E-state index contributed by atoms with van der Waals surface area (Å²) in [5, 5.41) is 18.8. The predicted octanol–water partition coefficient (Wildman–Crippen LogP) is 2.36. The Kier molecular flexibility index (Phi) is 3.17. The average Bonchev–Trinajstić information content (AvgIpc) is 3.06. The molecule has 1 aromatic rings. The van der Waals surface area contributed by atoms with E-state index in [9.17, 15) is 9.90 Å². The molecule has 0 amide bonds. The molecule has 4 nitrogen and oxygen atoms in total. The summed E-state index contributed by atoms with van der Waals surface area (Å²) >= 11 is 0. The summed E-state index contributed by atoms with van der Waals surface area (Å²) in [6.45, 7) is 2.11. The molecule has 1 atom stereocenters. The molecule has 0 aliphatic carbocycles. The molecule has 2 saturated heterocycles. The summed E-state index contributed by atoms with van der Waals surface area (Å²) in [5.41, 5.74) is 1.57. The molecule has 1 N–H and O–H groups in total. The molecule has 20 heavy (non-hydrogen) atoms. The SMILES string of the molecule is N#CB1CCC2(CCN(c3ccc(C=O)c(O)c3)C2)C1. The third-order valence-electron chi connectivity index (χ3n) is 4.83. The van der Waals surface area contributed by atoms with Crippen LogP contribution in [0.4, 0.5) is 5.69 Å². The Bertz CT molecular complexity index is 584. The van der Waals surface area contributed by atoms with Crippen molar-refractivity contribution >= 4 is 18.7 Å². The van der Waals surface area contributed by atoms with Crippen molar-refractivity contribution in [1.82, 2.24) is 0 Å². The van der Waals surface area contributed by atoms with Crippen molar-refractivity contribution in [1.29, 1.82) is 5.26 Å². The molecular formula is C15H17BN2O2. The first-order chi connectivity index (χ1) is 9.65. The van der Waals surface area contributed by atoms with Crippen LogP contribution in [-0.2, 0) is 0 Å². The second-order valence-corrected chi connectivity index (χ2v) is 6.10. The largest absolute Gasteiger partial charge is 0.507 e. The minimum absolute atomic E-state index is 0.0415. The lowest BCUT2D eigenvalue weighted by Crippen LogP contribution is -2.25. The molecule has 3 rings (SSSR count). The zero-order chi connectivity index (χ0) is 14.2. The van der Waals surface area contributed by atoms with Crippen LogP contribution in [0.3, 0.4) is 0 Å². The third kappa shape index (κ3) is 2.16. The molecule has 2 aliphatic heterocycles. The molecule has 0 saturated carbocycles. The summed E-state index contributed by atoms with van der Waals surface area (Å²) in [6, 6.07) is 5.22. The number of hydrogen-bond acceptors (Lipinski definition) is 4. The monoisotopic (exact) mass is 268 g/mol. The van der Waals surface area contributed by atoms with Gasteiger partial charge in [-0.05, 0) is 24.0 Å². The van der Waals surface area contributed by atoms with Gasteiger partial charge in [0.1, 0.15) is 5.75 Å². The molecule has 1 spiro atoms. The van der Waals surface area contributed by atoms with Gasteiger partial charge in [0.05, 0.1) is 5.56 Å². The van der Waals surface area contributed by atoms with E-state index in [0.717, 1.165) is 44.3 Å². The summed E-state index contributed by atoms with van der Waals surface area (Å²) in [7, 11) is 0. The Morgan fingerprint density at radius 3 is 2.95 bits per heavy atom. The second kappa shape index (κ2) is 4.86. The number of carbonyl (C=O) groups is 1. The molecule has 0 aromatic heterocycles. The van der Waals surface area contributed by atoms with Crippen molar-refractivity contribution in [3.63, 3.8) is 0 Å². The topological polar surface area (TPSA) is 64.3 Å². The molecule has 1 aromatic carbocycles. The first-order valence-electron chi connectivity index (χ1n) is 7.09. The fourth-order valence-electron chi connectivity index (χ4n) is 3.67. The number of anilines is 1. The fourth-order valence-corrected chi connectivity index (χ4v) is 3.67. The highest BCUT2D eigenvalue weighted by molar-refractivity contribution is 6.67. The Labute approximate surface area is 119 Å². The smallest absolute Gasteiger partial charge is 0.268 e. The Morgan fingerprint density at radius 1 is 1.45 bits per heavy atom. The lowest BCUT2D eigenvalue weighted by Gasteiger charge is -2.25. The van der Waals surface area contributed by atoms with Gasteiger partial charge < -0.3 is 10.0 Å². The number of aromatic hydroxyl groups is 1. The molecule has 5 heteroatoms. The number of aldehydes is 1. The summed E-state index contributed by atoms with van der Waals surface area (Å²) in [6.07, 6.45) is 4.92.